The lowest BCUT2D eigenvalue weighted by Crippen LogP contribution is -2.15. The highest BCUT2D eigenvalue weighted by molar-refractivity contribution is 5.53. The number of hydrogen-bond acceptors (Lipinski definition) is 2. The van der Waals surface area contributed by atoms with Crippen LogP contribution >= 0.6 is 0 Å². The zero-order chi connectivity index (χ0) is 12.3. The van der Waals surface area contributed by atoms with Gasteiger partial charge in [0, 0.05) is 5.69 Å². The Bertz CT molecular complexity index is 381. The van der Waals surface area contributed by atoms with Gasteiger partial charge in [0.1, 0.15) is 5.75 Å². The van der Waals surface area contributed by atoms with Crippen molar-refractivity contribution in [2.45, 2.75) is 46.0 Å². The Morgan fingerprint density at radius 2 is 1.82 bits per heavy atom. The molecule has 17 heavy (non-hydrogen) atoms. The van der Waals surface area contributed by atoms with E-state index in [-0.39, 0.29) is 0 Å². The number of hydrogen-bond donors (Lipinski definition) is 1. The molecule has 0 heterocycles. The normalized spacial score (nSPS) is 17.1. The minimum Gasteiger partial charge on any atom is -0.493 e. The molecule has 0 spiro atoms. The Hall–Kier alpha value is -1.18. The molecule has 0 bridgehead atoms. The Labute approximate surface area is 104 Å². The Morgan fingerprint density at radius 1 is 1.12 bits per heavy atom. The molecule has 1 aliphatic rings. The summed E-state index contributed by atoms with van der Waals surface area (Å²) in [5, 5.41) is 0. The second kappa shape index (κ2) is 5.44. The largest absolute Gasteiger partial charge is 0.493 e. The molecule has 0 saturated heterocycles. The van der Waals surface area contributed by atoms with Crippen molar-refractivity contribution in [2.24, 2.45) is 5.92 Å². The van der Waals surface area contributed by atoms with Gasteiger partial charge in [0.05, 0.1) is 6.61 Å². The van der Waals surface area contributed by atoms with Gasteiger partial charge in [-0.1, -0.05) is 19.3 Å². The molecule has 1 aliphatic carbocycles. The van der Waals surface area contributed by atoms with Crippen LogP contribution in [0.2, 0.25) is 0 Å². The molecule has 1 aromatic rings. The summed E-state index contributed by atoms with van der Waals surface area (Å²) in [5.41, 5.74) is 8.98. The van der Waals surface area contributed by atoms with Crippen LogP contribution in [-0.4, -0.2) is 6.61 Å². The van der Waals surface area contributed by atoms with Crippen molar-refractivity contribution in [3.8, 4) is 5.75 Å². The molecular formula is C15H23NO. The third kappa shape index (κ3) is 3.15. The zero-order valence-electron chi connectivity index (χ0n) is 11.0. The van der Waals surface area contributed by atoms with E-state index in [1.807, 2.05) is 13.0 Å². The van der Waals surface area contributed by atoms with Crippen molar-refractivity contribution < 1.29 is 4.74 Å². The third-order valence-corrected chi connectivity index (χ3v) is 3.76. The quantitative estimate of drug-likeness (QED) is 0.805. The van der Waals surface area contributed by atoms with Crippen LogP contribution in [0.15, 0.2) is 12.1 Å². The molecule has 1 aromatic carbocycles. The Balaban J connectivity index is 1.96. The van der Waals surface area contributed by atoms with Gasteiger partial charge in [-0.15, -0.1) is 0 Å². The molecule has 0 amide bonds. The van der Waals surface area contributed by atoms with E-state index in [2.05, 4.69) is 13.0 Å². The SMILES string of the molecule is Cc1cc(OCC2CCCCC2)c(C)cc1N. The molecule has 1 fully saturated rings. The van der Waals surface area contributed by atoms with Gasteiger partial charge in [0.2, 0.25) is 0 Å². The Kier molecular flexibility index (Phi) is 3.93. The molecule has 2 heteroatoms. The summed E-state index contributed by atoms with van der Waals surface area (Å²) in [4.78, 5) is 0. The summed E-state index contributed by atoms with van der Waals surface area (Å²) in [6.07, 6.45) is 6.79. The first-order valence-electron chi connectivity index (χ1n) is 6.66. The first kappa shape index (κ1) is 12.3. The summed E-state index contributed by atoms with van der Waals surface area (Å²) < 4.78 is 5.96. The summed E-state index contributed by atoms with van der Waals surface area (Å²) in [7, 11) is 0. The lowest BCUT2D eigenvalue weighted by molar-refractivity contribution is 0.208. The lowest BCUT2D eigenvalue weighted by Gasteiger charge is -2.22. The summed E-state index contributed by atoms with van der Waals surface area (Å²) in [6, 6.07) is 4.07. The average Bonchev–Trinajstić information content (AvgIpc) is 2.33. The maximum Gasteiger partial charge on any atom is 0.122 e. The van der Waals surface area contributed by atoms with Crippen molar-refractivity contribution in [2.75, 3.05) is 12.3 Å². The van der Waals surface area contributed by atoms with E-state index in [1.165, 1.54) is 32.1 Å². The molecule has 0 radical (unpaired) electrons. The summed E-state index contributed by atoms with van der Waals surface area (Å²) >= 11 is 0. The van der Waals surface area contributed by atoms with E-state index in [0.717, 1.165) is 35.1 Å². The molecule has 94 valence electrons. The minimum atomic E-state index is 0.751. The Morgan fingerprint density at radius 3 is 2.53 bits per heavy atom. The highest BCUT2D eigenvalue weighted by atomic mass is 16.5. The van der Waals surface area contributed by atoms with E-state index in [0.29, 0.717) is 0 Å². The first-order valence-corrected chi connectivity index (χ1v) is 6.66. The fraction of sp³-hybridized carbons (Fsp3) is 0.600. The van der Waals surface area contributed by atoms with E-state index in [9.17, 15) is 0 Å². The highest BCUT2D eigenvalue weighted by Crippen LogP contribution is 2.27. The van der Waals surface area contributed by atoms with Gasteiger partial charge in [-0.2, -0.15) is 0 Å². The van der Waals surface area contributed by atoms with E-state index in [4.69, 9.17) is 10.5 Å². The molecule has 1 saturated carbocycles. The number of ether oxygens (including phenoxy) is 1. The summed E-state index contributed by atoms with van der Waals surface area (Å²) in [5.74, 6) is 1.75. The second-order valence-electron chi connectivity index (χ2n) is 5.29. The molecule has 0 aromatic heterocycles. The van der Waals surface area contributed by atoms with Gasteiger partial charge < -0.3 is 10.5 Å². The average molecular weight is 233 g/mol. The van der Waals surface area contributed by atoms with Gasteiger partial charge >= 0.3 is 0 Å². The van der Waals surface area contributed by atoms with Gasteiger partial charge in [-0.25, -0.2) is 0 Å². The van der Waals surface area contributed by atoms with Crippen LogP contribution in [0.4, 0.5) is 5.69 Å². The maximum absolute atomic E-state index is 5.96. The topological polar surface area (TPSA) is 35.2 Å². The van der Waals surface area contributed by atoms with Crippen LogP contribution in [0.1, 0.15) is 43.2 Å². The van der Waals surface area contributed by atoms with Crippen LogP contribution in [-0.2, 0) is 0 Å². The van der Waals surface area contributed by atoms with E-state index >= 15 is 0 Å². The molecule has 0 unspecified atom stereocenters. The molecular weight excluding hydrogens is 210 g/mol. The standard InChI is InChI=1S/C15H23NO/c1-11-9-15(12(2)8-14(11)16)17-10-13-6-4-3-5-7-13/h8-9,13H,3-7,10,16H2,1-2H3. The molecule has 2 rings (SSSR count). The third-order valence-electron chi connectivity index (χ3n) is 3.76. The minimum absolute atomic E-state index is 0.751. The first-order chi connectivity index (χ1) is 8.16. The highest BCUT2D eigenvalue weighted by Gasteiger charge is 2.14. The van der Waals surface area contributed by atoms with Crippen LogP contribution in [0.25, 0.3) is 0 Å². The predicted octanol–water partition coefficient (Wildman–Crippen LogP) is 3.84. The van der Waals surface area contributed by atoms with Crippen molar-refractivity contribution in [3.63, 3.8) is 0 Å². The molecule has 2 nitrogen and oxygen atoms in total. The van der Waals surface area contributed by atoms with E-state index < -0.39 is 0 Å². The predicted molar refractivity (Wildman–Crippen MR) is 72.4 cm³/mol. The fourth-order valence-electron chi connectivity index (χ4n) is 2.53. The van der Waals surface area contributed by atoms with E-state index in [1.54, 1.807) is 0 Å². The molecule has 0 aliphatic heterocycles. The number of aryl methyl sites for hydroxylation is 2. The molecule has 2 N–H and O–H groups in total. The maximum atomic E-state index is 5.96. The van der Waals surface area contributed by atoms with Gasteiger partial charge in [-0.05, 0) is 55.9 Å². The van der Waals surface area contributed by atoms with Crippen LogP contribution < -0.4 is 10.5 Å². The smallest absolute Gasteiger partial charge is 0.122 e. The van der Waals surface area contributed by atoms with Crippen molar-refractivity contribution in [1.29, 1.82) is 0 Å². The van der Waals surface area contributed by atoms with Gasteiger partial charge in [0.25, 0.3) is 0 Å². The monoisotopic (exact) mass is 233 g/mol. The summed E-state index contributed by atoms with van der Waals surface area (Å²) in [6.45, 7) is 4.96. The zero-order valence-corrected chi connectivity index (χ0v) is 11.0. The van der Waals surface area contributed by atoms with Crippen molar-refractivity contribution >= 4 is 5.69 Å². The number of nitrogens with two attached hydrogens (primary N) is 1. The molecule has 0 atom stereocenters. The number of anilines is 1. The van der Waals surface area contributed by atoms with Gasteiger partial charge in [-0.3, -0.25) is 0 Å². The van der Waals surface area contributed by atoms with Crippen molar-refractivity contribution in [3.05, 3.63) is 23.3 Å². The number of rotatable bonds is 3. The van der Waals surface area contributed by atoms with Crippen LogP contribution in [0, 0.1) is 19.8 Å². The van der Waals surface area contributed by atoms with Gasteiger partial charge in [0.15, 0.2) is 0 Å². The number of benzene rings is 1. The van der Waals surface area contributed by atoms with Crippen LogP contribution in [0.5, 0.6) is 5.75 Å². The number of nitrogen functional groups attached to an aromatic ring is 1. The van der Waals surface area contributed by atoms with Crippen LogP contribution in [0.3, 0.4) is 0 Å². The second-order valence-corrected chi connectivity index (χ2v) is 5.29. The fourth-order valence-corrected chi connectivity index (χ4v) is 2.53. The lowest BCUT2D eigenvalue weighted by atomic mass is 9.90. The van der Waals surface area contributed by atoms with Crippen molar-refractivity contribution in [1.82, 2.24) is 0 Å².